The number of phosphoric ester groups is 1. The summed E-state index contributed by atoms with van der Waals surface area (Å²) in [5, 5.41) is 21.9. The second kappa shape index (κ2) is 46.2. The van der Waals surface area contributed by atoms with E-state index in [9.17, 15) is 34.1 Å². The summed E-state index contributed by atoms with van der Waals surface area (Å²) >= 11 is 0. The van der Waals surface area contributed by atoms with Gasteiger partial charge in [-0.15, -0.1) is 0 Å². The number of allylic oxidation sites excluding steroid dienone is 6. The molecular weight excluding hydrogens is 818 g/mol. The maximum Gasteiger partial charge on any atom is 0.472 e. The van der Waals surface area contributed by atoms with E-state index >= 15 is 0 Å². The molecule has 0 aliphatic carbocycles. The lowest BCUT2D eigenvalue weighted by Gasteiger charge is -2.18. The first kappa shape index (κ1) is 60.7. The summed E-state index contributed by atoms with van der Waals surface area (Å²) in [6.07, 6.45) is 51.7. The van der Waals surface area contributed by atoms with Gasteiger partial charge in [-0.1, -0.05) is 217 Å². The van der Waals surface area contributed by atoms with Crippen LogP contribution in [0.2, 0.25) is 0 Å². The quantitative estimate of drug-likeness (QED) is 0.0199. The van der Waals surface area contributed by atoms with Crippen molar-refractivity contribution in [3.05, 3.63) is 36.5 Å². The normalized spacial score (nSPS) is 13.8. The van der Waals surface area contributed by atoms with Crippen molar-refractivity contribution in [1.82, 2.24) is 5.32 Å². The number of hydrogen-bond acceptors (Lipinski definition) is 8. The number of carbonyl (C=O) groups is 3. The van der Waals surface area contributed by atoms with E-state index in [1.54, 1.807) is 0 Å². The molecule has 63 heavy (non-hydrogen) atoms. The number of phosphoric acid groups is 1. The summed E-state index contributed by atoms with van der Waals surface area (Å²) in [6.45, 7) is 2.52. The molecule has 0 bridgehead atoms. The number of carbonyl (C=O) groups excluding carboxylic acids is 2. The topological polar surface area (TPSA) is 169 Å². The molecule has 0 saturated heterocycles. The number of carboxylic acid groups (broad SMARTS) is 1. The van der Waals surface area contributed by atoms with Crippen LogP contribution < -0.4 is 5.32 Å². The smallest absolute Gasteiger partial charge is 0.472 e. The molecule has 0 rings (SSSR count). The number of carboxylic acids is 1. The number of ether oxygens (including phenoxy) is 1. The fourth-order valence-corrected chi connectivity index (χ4v) is 8.05. The molecule has 0 aliphatic rings. The highest BCUT2D eigenvalue weighted by Gasteiger charge is 2.28. The monoisotopic (exact) mass is 912 g/mol. The molecule has 0 aromatic carbocycles. The Bertz CT molecular complexity index is 1210. The van der Waals surface area contributed by atoms with E-state index in [1.165, 1.54) is 116 Å². The summed E-state index contributed by atoms with van der Waals surface area (Å²) in [7, 11) is -4.76. The zero-order valence-corrected chi connectivity index (χ0v) is 41.0. The van der Waals surface area contributed by atoms with E-state index in [0.29, 0.717) is 12.8 Å². The van der Waals surface area contributed by atoms with E-state index in [2.05, 4.69) is 55.6 Å². The summed E-state index contributed by atoms with van der Waals surface area (Å²) < 4.78 is 26.9. The molecule has 0 spiro atoms. The molecule has 0 saturated carbocycles. The Morgan fingerprint density at radius 3 is 1.38 bits per heavy atom. The molecule has 1 amide bonds. The highest BCUT2D eigenvalue weighted by molar-refractivity contribution is 7.47. The number of unbranched alkanes of at least 4 members (excludes halogenated alkanes) is 28. The Hall–Kier alpha value is -2.30. The van der Waals surface area contributed by atoms with Gasteiger partial charge < -0.3 is 25.2 Å². The summed E-state index contributed by atoms with van der Waals surface area (Å²) in [4.78, 5) is 46.1. The Labute approximate surface area is 384 Å². The van der Waals surface area contributed by atoms with Crippen molar-refractivity contribution in [2.75, 3.05) is 19.8 Å². The first-order chi connectivity index (χ1) is 30.6. The van der Waals surface area contributed by atoms with Gasteiger partial charge in [-0.25, -0.2) is 9.36 Å². The molecule has 0 heterocycles. The van der Waals surface area contributed by atoms with Crippen LogP contribution in [0.5, 0.6) is 0 Å². The molecule has 4 N–H and O–H groups in total. The molecule has 0 radical (unpaired) electrons. The van der Waals surface area contributed by atoms with Crippen LogP contribution in [0.4, 0.5) is 0 Å². The van der Waals surface area contributed by atoms with E-state index < -0.39 is 57.6 Å². The predicted molar refractivity (Wildman–Crippen MR) is 259 cm³/mol. The molecule has 0 aliphatic heterocycles. The number of hydrogen-bond donors (Lipinski definition) is 4. The van der Waals surface area contributed by atoms with E-state index in [4.69, 9.17) is 13.8 Å². The van der Waals surface area contributed by atoms with Gasteiger partial charge in [0, 0.05) is 12.8 Å². The Balaban J connectivity index is 3.80. The van der Waals surface area contributed by atoms with E-state index in [0.717, 1.165) is 83.5 Å². The lowest BCUT2D eigenvalue weighted by Crippen LogP contribution is -2.43. The number of amides is 1. The standard InChI is InChI=1S/C51H94NO10P/c1-3-5-7-9-11-13-15-17-19-21-22-23-24-25-27-29-31-33-35-37-39-41-43-50(55)60-44-47(53)45-61-63(58,59)62-46-48(51(56)57)52-49(54)42-40-38-36-34-32-30-28-26-20-18-16-14-12-10-8-6-4-2/h6,8,12,14,18,20,47-48,53H,3-5,7,9-11,13,15-17,19,21-46H2,1-2H3,(H,52,54)(H,56,57)(H,58,59)/b8-6-,14-12-,20-18-. The molecule has 0 aromatic heterocycles. The van der Waals surface area contributed by atoms with E-state index in [1.807, 2.05) is 0 Å². The molecule has 3 atom stereocenters. The first-order valence-corrected chi connectivity index (χ1v) is 27.0. The van der Waals surface area contributed by atoms with Crippen LogP contribution in [0.1, 0.15) is 239 Å². The minimum absolute atomic E-state index is 0.135. The van der Waals surface area contributed by atoms with Crippen molar-refractivity contribution >= 4 is 25.7 Å². The molecule has 3 unspecified atom stereocenters. The third-order valence-electron chi connectivity index (χ3n) is 11.2. The summed E-state index contributed by atoms with van der Waals surface area (Å²) in [5.41, 5.74) is 0. The van der Waals surface area contributed by atoms with Gasteiger partial charge in [0.2, 0.25) is 5.91 Å². The minimum atomic E-state index is -4.76. The van der Waals surface area contributed by atoms with Crippen LogP contribution in [-0.2, 0) is 32.7 Å². The third-order valence-corrected chi connectivity index (χ3v) is 12.1. The van der Waals surface area contributed by atoms with Crippen molar-refractivity contribution in [3.63, 3.8) is 0 Å². The molecule has 0 aromatic rings. The second-order valence-corrected chi connectivity index (χ2v) is 18.8. The minimum Gasteiger partial charge on any atom is -0.480 e. The lowest BCUT2D eigenvalue weighted by molar-refractivity contribution is -0.147. The molecular formula is C51H94NO10P. The lowest BCUT2D eigenvalue weighted by atomic mass is 10.0. The molecule has 0 fully saturated rings. The molecule has 12 heteroatoms. The van der Waals surface area contributed by atoms with Crippen LogP contribution in [0.3, 0.4) is 0 Å². The Morgan fingerprint density at radius 2 is 0.921 bits per heavy atom. The van der Waals surface area contributed by atoms with Gasteiger partial charge in [0.15, 0.2) is 6.04 Å². The number of nitrogens with one attached hydrogen (secondary N) is 1. The number of aliphatic hydroxyl groups is 1. The third kappa shape index (κ3) is 46.0. The van der Waals surface area contributed by atoms with Gasteiger partial charge in [0.1, 0.15) is 12.7 Å². The van der Waals surface area contributed by atoms with Gasteiger partial charge in [-0.05, 0) is 44.9 Å². The van der Waals surface area contributed by atoms with Crippen LogP contribution in [0.15, 0.2) is 36.5 Å². The van der Waals surface area contributed by atoms with Crippen LogP contribution in [-0.4, -0.2) is 64.9 Å². The zero-order chi connectivity index (χ0) is 46.3. The Morgan fingerprint density at radius 1 is 0.524 bits per heavy atom. The molecule has 11 nitrogen and oxygen atoms in total. The van der Waals surface area contributed by atoms with Crippen molar-refractivity contribution < 1.29 is 47.8 Å². The number of esters is 1. The average molecular weight is 912 g/mol. The first-order valence-electron chi connectivity index (χ1n) is 25.5. The van der Waals surface area contributed by atoms with Crippen LogP contribution >= 0.6 is 7.82 Å². The van der Waals surface area contributed by atoms with Crippen molar-refractivity contribution in [2.24, 2.45) is 0 Å². The van der Waals surface area contributed by atoms with Gasteiger partial charge in [0.25, 0.3) is 0 Å². The van der Waals surface area contributed by atoms with Gasteiger partial charge >= 0.3 is 19.8 Å². The Kier molecular flexibility index (Phi) is 44.5. The van der Waals surface area contributed by atoms with Gasteiger partial charge in [-0.3, -0.25) is 18.6 Å². The fraction of sp³-hybridized carbons (Fsp3) is 0.824. The highest BCUT2D eigenvalue weighted by Crippen LogP contribution is 2.43. The van der Waals surface area contributed by atoms with Crippen molar-refractivity contribution in [1.29, 1.82) is 0 Å². The summed E-state index contributed by atoms with van der Waals surface area (Å²) in [6, 6.07) is -1.55. The zero-order valence-electron chi connectivity index (χ0n) is 40.1. The van der Waals surface area contributed by atoms with Gasteiger partial charge in [0.05, 0.1) is 13.2 Å². The van der Waals surface area contributed by atoms with Crippen molar-refractivity contribution in [3.8, 4) is 0 Å². The van der Waals surface area contributed by atoms with E-state index in [-0.39, 0.29) is 12.8 Å². The highest BCUT2D eigenvalue weighted by atomic mass is 31.2. The number of aliphatic hydroxyl groups excluding tert-OH is 1. The number of aliphatic carboxylic acids is 1. The SMILES string of the molecule is CC/C=C\C/C=C\C/C=C\CCCCCCCCCC(=O)NC(COP(=O)(O)OCC(O)COC(=O)CCCCCCCCCCCCCCCCCCCCCCCC)C(=O)O. The molecule has 368 valence electrons. The average Bonchev–Trinajstić information content (AvgIpc) is 3.26. The van der Waals surface area contributed by atoms with Crippen LogP contribution in [0, 0.1) is 0 Å². The van der Waals surface area contributed by atoms with Crippen LogP contribution in [0.25, 0.3) is 0 Å². The maximum absolute atomic E-state index is 12.3. The predicted octanol–water partition coefficient (Wildman–Crippen LogP) is 14.0. The number of rotatable bonds is 48. The maximum atomic E-state index is 12.3. The summed E-state index contributed by atoms with van der Waals surface area (Å²) in [5.74, 6) is -2.38. The fourth-order valence-electron chi connectivity index (χ4n) is 7.27. The largest absolute Gasteiger partial charge is 0.480 e. The second-order valence-electron chi connectivity index (χ2n) is 17.3. The van der Waals surface area contributed by atoms with Gasteiger partial charge in [-0.2, -0.15) is 0 Å². The van der Waals surface area contributed by atoms with Crippen molar-refractivity contribution in [2.45, 2.75) is 251 Å².